The van der Waals surface area contributed by atoms with Crippen LogP contribution in [0.2, 0.25) is 0 Å². The highest BCUT2D eigenvalue weighted by molar-refractivity contribution is 5.94. The summed E-state index contributed by atoms with van der Waals surface area (Å²) in [5, 5.41) is 10.7. The fraction of sp³-hybridized carbons (Fsp3) is 0.0625. The van der Waals surface area contributed by atoms with Gasteiger partial charge >= 0.3 is 5.63 Å². The first-order valence-corrected chi connectivity index (χ1v) is 6.38. The minimum atomic E-state index is -0.636. The fourth-order valence-electron chi connectivity index (χ4n) is 1.99. The molecule has 5 nitrogen and oxygen atoms in total. The van der Waals surface area contributed by atoms with Crippen molar-refractivity contribution in [2.45, 2.75) is 6.92 Å². The molecule has 0 unspecified atom stereocenters. The van der Waals surface area contributed by atoms with E-state index in [2.05, 4.69) is 9.98 Å². The number of para-hydroxylation sites is 1. The van der Waals surface area contributed by atoms with Crippen molar-refractivity contribution >= 4 is 23.0 Å². The minimum Gasteiger partial charge on any atom is -0.506 e. The van der Waals surface area contributed by atoms with E-state index in [0.717, 1.165) is 5.69 Å². The number of fused-ring (bicyclic) bond motifs is 1. The summed E-state index contributed by atoms with van der Waals surface area (Å²) in [7, 11) is 0. The molecule has 0 aliphatic rings. The molecule has 21 heavy (non-hydrogen) atoms. The van der Waals surface area contributed by atoms with Gasteiger partial charge in [0.05, 0.1) is 5.39 Å². The van der Waals surface area contributed by atoms with Crippen LogP contribution in [0.3, 0.4) is 0 Å². The van der Waals surface area contributed by atoms with Crippen LogP contribution in [0.1, 0.15) is 11.3 Å². The lowest BCUT2D eigenvalue weighted by Gasteiger charge is -2.02. The molecule has 2 aromatic heterocycles. The molecule has 0 aliphatic heterocycles. The SMILES string of the molecule is Cc1cccc(N=Cc2c(O)c3ccccc3oc2=O)n1. The monoisotopic (exact) mass is 280 g/mol. The molecule has 5 heteroatoms. The van der Waals surface area contributed by atoms with E-state index in [4.69, 9.17) is 4.42 Å². The molecular formula is C16H12N2O3. The van der Waals surface area contributed by atoms with Gasteiger partial charge in [-0.15, -0.1) is 0 Å². The number of hydrogen-bond donors (Lipinski definition) is 1. The van der Waals surface area contributed by atoms with Crippen LogP contribution in [0.4, 0.5) is 5.82 Å². The van der Waals surface area contributed by atoms with E-state index < -0.39 is 5.63 Å². The van der Waals surface area contributed by atoms with Gasteiger partial charge in [-0.25, -0.2) is 14.8 Å². The van der Waals surface area contributed by atoms with E-state index in [0.29, 0.717) is 16.8 Å². The van der Waals surface area contributed by atoms with Gasteiger partial charge in [0.1, 0.15) is 16.9 Å². The summed E-state index contributed by atoms with van der Waals surface area (Å²) in [4.78, 5) is 20.2. The number of aromatic nitrogens is 1. The maximum Gasteiger partial charge on any atom is 0.348 e. The Hall–Kier alpha value is -2.95. The summed E-state index contributed by atoms with van der Waals surface area (Å²) < 4.78 is 5.16. The smallest absolute Gasteiger partial charge is 0.348 e. The second-order valence-electron chi connectivity index (χ2n) is 4.54. The van der Waals surface area contributed by atoms with Gasteiger partial charge in [0.15, 0.2) is 5.82 Å². The molecule has 1 N–H and O–H groups in total. The fourth-order valence-corrected chi connectivity index (χ4v) is 1.99. The van der Waals surface area contributed by atoms with Gasteiger partial charge in [-0.1, -0.05) is 18.2 Å². The van der Waals surface area contributed by atoms with Gasteiger partial charge < -0.3 is 9.52 Å². The standard InChI is InChI=1S/C16H12N2O3/c1-10-5-4-8-14(18-10)17-9-12-15(19)11-6-2-3-7-13(11)21-16(12)20/h2-9,19H,1H3. The van der Waals surface area contributed by atoms with E-state index in [9.17, 15) is 9.90 Å². The molecule has 0 saturated heterocycles. The molecule has 3 aromatic rings. The predicted octanol–water partition coefficient (Wildman–Crippen LogP) is 2.95. The number of aliphatic imine (C=N–C) groups is 1. The maximum atomic E-state index is 11.9. The quantitative estimate of drug-likeness (QED) is 0.578. The maximum absolute atomic E-state index is 11.9. The third kappa shape index (κ3) is 2.53. The molecule has 0 radical (unpaired) electrons. The normalized spacial score (nSPS) is 11.3. The number of rotatable bonds is 2. The molecular weight excluding hydrogens is 268 g/mol. The van der Waals surface area contributed by atoms with E-state index >= 15 is 0 Å². The highest BCUT2D eigenvalue weighted by Crippen LogP contribution is 2.25. The molecule has 0 fully saturated rings. The summed E-state index contributed by atoms with van der Waals surface area (Å²) in [6.07, 6.45) is 1.27. The van der Waals surface area contributed by atoms with Crippen LogP contribution in [-0.4, -0.2) is 16.3 Å². The molecule has 0 bridgehead atoms. The van der Waals surface area contributed by atoms with Gasteiger partial charge in [-0.3, -0.25) is 0 Å². The average Bonchev–Trinajstić information content (AvgIpc) is 2.47. The Morgan fingerprint density at radius 1 is 1.19 bits per heavy atom. The predicted molar refractivity (Wildman–Crippen MR) is 80.4 cm³/mol. The van der Waals surface area contributed by atoms with Crippen LogP contribution in [0.5, 0.6) is 5.75 Å². The van der Waals surface area contributed by atoms with Gasteiger partial charge in [0, 0.05) is 11.9 Å². The number of nitrogens with zero attached hydrogens (tertiary/aromatic N) is 2. The third-order valence-electron chi connectivity index (χ3n) is 3.02. The van der Waals surface area contributed by atoms with Crippen molar-refractivity contribution in [2.75, 3.05) is 0 Å². The Bertz CT molecular complexity index is 897. The van der Waals surface area contributed by atoms with Gasteiger partial charge in [-0.2, -0.15) is 0 Å². The van der Waals surface area contributed by atoms with Gasteiger partial charge in [0.2, 0.25) is 0 Å². The lowest BCUT2D eigenvalue weighted by atomic mass is 10.1. The summed E-state index contributed by atoms with van der Waals surface area (Å²) in [5.41, 5.74) is 0.532. The zero-order chi connectivity index (χ0) is 14.8. The second kappa shape index (κ2) is 5.20. The van der Waals surface area contributed by atoms with Gasteiger partial charge in [-0.05, 0) is 31.2 Å². The first kappa shape index (κ1) is 13.1. The number of hydrogen-bond acceptors (Lipinski definition) is 5. The Labute approximate surface area is 120 Å². The number of benzene rings is 1. The number of aryl methyl sites for hydroxylation is 1. The molecule has 0 spiro atoms. The van der Waals surface area contributed by atoms with Crippen molar-refractivity contribution in [3.8, 4) is 5.75 Å². The first-order valence-electron chi connectivity index (χ1n) is 6.38. The van der Waals surface area contributed by atoms with Crippen molar-refractivity contribution in [1.82, 2.24) is 4.98 Å². The molecule has 0 aliphatic carbocycles. The molecule has 1 aromatic carbocycles. The highest BCUT2D eigenvalue weighted by atomic mass is 16.4. The minimum absolute atomic E-state index is 0.0111. The van der Waals surface area contributed by atoms with Crippen molar-refractivity contribution in [3.05, 3.63) is 64.1 Å². The average molecular weight is 280 g/mol. The van der Waals surface area contributed by atoms with E-state index in [-0.39, 0.29) is 11.3 Å². The molecule has 0 saturated carbocycles. The van der Waals surface area contributed by atoms with Crippen molar-refractivity contribution in [1.29, 1.82) is 0 Å². The zero-order valence-corrected chi connectivity index (χ0v) is 11.3. The molecule has 0 atom stereocenters. The number of aromatic hydroxyl groups is 1. The van der Waals surface area contributed by atoms with Crippen LogP contribution >= 0.6 is 0 Å². The van der Waals surface area contributed by atoms with Crippen LogP contribution in [0.25, 0.3) is 11.0 Å². The molecule has 104 valence electrons. The van der Waals surface area contributed by atoms with Crippen molar-refractivity contribution in [2.24, 2.45) is 4.99 Å². The number of pyridine rings is 1. The van der Waals surface area contributed by atoms with E-state index in [1.807, 2.05) is 19.1 Å². The summed E-state index contributed by atoms with van der Waals surface area (Å²) in [6.45, 7) is 1.85. The van der Waals surface area contributed by atoms with Crippen LogP contribution in [0.15, 0.2) is 56.7 Å². The topological polar surface area (TPSA) is 75.7 Å². The van der Waals surface area contributed by atoms with Crippen molar-refractivity contribution in [3.63, 3.8) is 0 Å². The van der Waals surface area contributed by atoms with E-state index in [1.165, 1.54) is 6.21 Å². The molecule has 0 amide bonds. The summed E-state index contributed by atoms with van der Waals surface area (Å²) in [6, 6.07) is 12.2. The lowest BCUT2D eigenvalue weighted by molar-refractivity contribution is 0.466. The van der Waals surface area contributed by atoms with Crippen LogP contribution in [-0.2, 0) is 0 Å². The third-order valence-corrected chi connectivity index (χ3v) is 3.02. The highest BCUT2D eigenvalue weighted by Gasteiger charge is 2.11. The summed E-state index contributed by atoms with van der Waals surface area (Å²) >= 11 is 0. The van der Waals surface area contributed by atoms with Crippen LogP contribution < -0.4 is 5.63 Å². The van der Waals surface area contributed by atoms with Crippen LogP contribution in [0, 0.1) is 6.92 Å². The zero-order valence-electron chi connectivity index (χ0n) is 11.3. The Morgan fingerprint density at radius 2 is 2.00 bits per heavy atom. The molecule has 2 heterocycles. The Kier molecular flexibility index (Phi) is 3.23. The lowest BCUT2D eigenvalue weighted by Crippen LogP contribution is -2.06. The van der Waals surface area contributed by atoms with Crippen molar-refractivity contribution < 1.29 is 9.52 Å². The van der Waals surface area contributed by atoms with E-state index in [1.54, 1.807) is 30.3 Å². The Balaban J connectivity index is 2.10. The second-order valence-corrected chi connectivity index (χ2v) is 4.54. The Morgan fingerprint density at radius 3 is 2.81 bits per heavy atom. The van der Waals surface area contributed by atoms with Gasteiger partial charge in [0.25, 0.3) is 0 Å². The largest absolute Gasteiger partial charge is 0.506 e. The molecule has 3 rings (SSSR count). The first-order chi connectivity index (χ1) is 10.1. The summed E-state index contributed by atoms with van der Waals surface area (Å²) in [5.74, 6) is 0.320.